The van der Waals surface area contributed by atoms with Crippen LogP contribution in [0.3, 0.4) is 0 Å². The van der Waals surface area contributed by atoms with Gasteiger partial charge in [0.2, 0.25) is 11.8 Å². The molecule has 3 rings (SSSR count). The molecule has 0 saturated carbocycles. The summed E-state index contributed by atoms with van der Waals surface area (Å²) in [6, 6.07) is 18.4. The molecule has 0 aliphatic carbocycles. The van der Waals surface area contributed by atoms with Crippen molar-refractivity contribution in [2.24, 2.45) is 0 Å². The lowest BCUT2D eigenvalue weighted by Gasteiger charge is -2.34. The Bertz CT molecular complexity index is 1470. The third kappa shape index (κ3) is 8.12. The predicted octanol–water partition coefficient (Wildman–Crippen LogP) is 5.54. The van der Waals surface area contributed by atoms with E-state index in [9.17, 15) is 18.0 Å². The van der Waals surface area contributed by atoms with Gasteiger partial charge in [0.25, 0.3) is 10.0 Å². The van der Waals surface area contributed by atoms with E-state index >= 15 is 0 Å². The van der Waals surface area contributed by atoms with Gasteiger partial charge < -0.3 is 15.0 Å². The average Bonchev–Trinajstić information content (AvgIpc) is 2.95. The van der Waals surface area contributed by atoms with Gasteiger partial charge in [-0.1, -0.05) is 49.7 Å². The van der Waals surface area contributed by atoms with Gasteiger partial charge in [-0.15, -0.1) is 0 Å². The van der Waals surface area contributed by atoms with E-state index in [1.165, 1.54) is 4.90 Å². The highest BCUT2D eigenvalue weighted by Gasteiger charge is 2.34. The number of carbonyl (C=O) groups excluding carboxylic acids is 2. The van der Waals surface area contributed by atoms with Crippen molar-refractivity contribution in [3.8, 4) is 5.75 Å². The second-order valence-electron chi connectivity index (χ2n) is 10.8. The monoisotopic (exact) mass is 593 g/mol. The molecule has 2 unspecified atom stereocenters. The van der Waals surface area contributed by atoms with Gasteiger partial charge in [0, 0.05) is 12.6 Å². The first-order valence-corrected chi connectivity index (χ1v) is 15.7. The van der Waals surface area contributed by atoms with Crippen molar-refractivity contribution in [1.82, 2.24) is 10.2 Å². The van der Waals surface area contributed by atoms with E-state index in [2.05, 4.69) is 5.32 Å². The van der Waals surface area contributed by atoms with Gasteiger partial charge in [0.05, 0.1) is 17.7 Å². The molecule has 9 heteroatoms. The van der Waals surface area contributed by atoms with Gasteiger partial charge in [0.1, 0.15) is 18.3 Å². The van der Waals surface area contributed by atoms with Crippen LogP contribution in [0.4, 0.5) is 5.69 Å². The van der Waals surface area contributed by atoms with E-state index in [1.54, 1.807) is 49.6 Å². The van der Waals surface area contributed by atoms with E-state index in [0.29, 0.717) is 17.9 Å². The lowest BCUT2D eigenvalue weighted by molar-refractivity contribution is -0.140. The number of methoxy groups -OCH3 is 1. The molecule has 3 aromatic rings. The van der Waals surface area contributed by atoms with Gasteiger partial charge in [-0.2, -0.15) is 0 Å². The van der Waals surface area contributed by atoms with Gasteiger partial charge in [-0.05, 0) is 93.6 Å². The van der Waals surface area contributed by atoms with Crippen LogP contribution < -0.4 is 14.4 Å². The third-order valence-corrected chi connectivity index (χ3v) is 9.04. The highest BCUT2D eigenvalue weighted by molar-refractivity contribution is 7.92. The van der Waals surface area contributed by atoms with Gasteiger partial charge in [-0.25, -0.2) is 8.42 Å². The molecule has 0 bridgehead atoms. The number of carbonyl (C=O) groups is 2. The first kappa shape index (κ1) is 32.7. The molecule has 3 aromatic carbocycles. The number of amides is 2. The molecule has 0 fully saturated rings. The van der Waals surface area contributed by atoms with Crippen LogP contribution in [0.5, 0.6) is 5.75 Å². The van der Waals surface area contributed by atoms with E-state index in [-0.39, 0.29) is 23.4 Å². The predicted molar refractivity (Wildman–Crippen MR) is 167 cm³/mol. The molecule has 8 nitrogen and oxygen atoms in total. The number of sulfonamides is 1. The number of ether oxygens (including phenoxy) is 1. The summed E-state index contributed by atoms with van der Waals surface area (Å²) in [7, 11) is -2.56. The molecular weight excluding hydrogens is 550 g/mol. The number of nitrogens with zero attached hydrogens (tertiary/aromatic N) is 2. The van der Waals surface area contributed by atoms with Crippen LogP contribution in [-0.2, 0) is 26.2 Å². The van der Waals surface area contributed by atoms with Crippen LogP contribution in [0, 0.1) is 20.8 Å². The van der Waals surface area contributed by atoms with Crippen molar-refractivity contribution in [3.05, 3.63) is 89.0 Å². The maximum atomic E-state index is 14.3. The summed E-state index contributed by atoms with van der Waals surface area (Å²) < 4.78 is 34.7. The smallest absolute Gasteiger partial charge is 0.264 e. The SMILES string of the molecule is CCC(C)NC(=O)C(CC)N(Cc1cccc(OC)c1)C(=O)CN(c1cc(C)cc(C)c1)S(=O)(=O)c1ccc(C)cc1. The van der Waals surface area contributed by atoms with Gasteiger partial charge >= 0.3 is 0 Å². The highest BCUT2D eigenvalue weighted by atomic mass is 32.2. The van der Waals surface area contributed by atoms with Crippen LogP contribution in [-0.4, -0.2) is 50.9 Å². The van der Waals surface area contributed by atoms with Crippen molar-refractivity contribution < 1.29 is 22.7 Å². The van der Waals surface area contributed by atoms with Crippen LogP contribution in [0.15, 0.2) is 71.6 Å². The number of nitrogens with one attached hydrogen (secondary N) is 1. The van der Waals surface area contributed by atoms with Crippen molar-refractivity contribution in [2.75, 3.05) is 18.0 Å². The molecule has 42 heavy (non-hydrogen) atoms. The van der Waals surface area contributed by atoms with Crippen LogP contribution in [0.1, 0.15) is 55.9 Å². The zero-order chi connectivity index (χ0) is 31.0. The molecule has 0 aliphatic heterocycles. The molecular formula is C33H43N3O5S. The quantitative estimate of drug-likeness (QED) is 0.281. The fourth-order valence-corrected chi connectivity index (χ4v) is 6.19. The van der Waals surface area contributed by atoms with E-state index in [0.717, 1.165) is 33.0 Å². The number of aryl methyl sites for hydroxylation is 3. The molecule has 226 valence electrons. The maximum absolute atomic E-state index is 14.3. The fraction of sp³-hybridized carbons (Fsp3) is 0.394. The molecule has 0 spiro atoms. The second-order valence-corrected chi connectivity index (χ2v) is 12.6. The van der Waals surface area contributed by atoms with Crippen molar-refractivity contribution in [2.45, 2.75) is 77.9 Å². The first-order valence-electron chi connectivity index (χ1n) is 14.3. The van der Waals surface area contributed by atoms with Crippen molar-refractivity contribution in [3.63, 3.8) is 0 Å². The molecule has 1 N–H and O–H groups in total. The number of rotatable bonds is 13. The normalized spacial score (nSPS) is 12.7. The number of anilines is 1. The molecule has 2 atom stereocenters. The van der Waals surface area contributed by atoms with Crippen molar-refractivity contribution >= 4 is 27.5 Å². The van der Waals surface area contributed by atoms with Crippen molar-refractivity contribution in [1.29, 1.82) is 0 Å². The summed E-state index contributed by atoms with van der Waals surface area (Å²) in [5.41, 5.74) is 3.81. The number of hydrogen-bond acceptors (Lipinski definition) is 5. The Morgan fingerprint density at radius 3 is 2.10 bits per heavy atom. The number of benzene rings is 3. The minimum Gasteiger partial charge on any atom is -0.497 e. The zero-order valence-corrected chi connectivity index (χ0v) is 26.5. The Morgan fingerprint density at radius 2 is 1.52 bits per heavy atom. The minimum atomic E-state index is -4.13. The Balaban J connectivity index is 2.10. The first-order chi connectivity index (χ1) is 19.9. The Labute approximate surface area is 250 Å². The summed E-state index contributed by atoms with van der Waals surface area (Å²) in [6.07, 6.45) is 1.09. The summed E-state index contributed by atoms with van der Waals surface area (Å²) in [5, 5.41) is 3.00. The van der Waals surface area contributed by atoms with E-state index in [4.69, 9.17) is 4.74 Å². The lowest BCUT2D eigenvalue weighted by Crippen LogP contribution is -2.53. The second kappa shape index (κ2) is 14.4. The average molecular weight is 594 g/mol. The molecule has 2 amide bonds. The molecule has 0 heterocycles. The summed E-state index contributed by atoms with van der Waals surface area (Å²) in [4.78, 5) is 29.3. The lowest BCUT2D eigenvalue weighted by atomic mass is 10.1. The molecule has 0 aliphatic rings. The standard InChI is InChI=1S/C33H43N3O5S/c1-8-26(6)34-33(38)31(9-2)35(21-27-11-10-12-29(20-27)41-7)32(37)22-36(28-18-24(4)17-25(5)19-28)42(39,40)30-15-13-23(3)14-16-30/h10-20,26,31H,8-9,21-22H2,1-7H3,(H,34,38). The topological polar surface area (TPSA) is 96.0 Å². The van der Waals surface area contributed by atoms with E-state index in [1.807, 2.05) is 65.8 Å². The maximum Gasteiger partial charge on any atom is 0.264 e. The number of hydrogen-bond donors (Lipinski definition) is 1. The summed E-state index contributed by atoms with van der Waals surface area (Å²) in [6.45, 7) is 11.0. The Kier molecular flexibility index (Phi) is 11.2. The molecule has 0 radical (unpaired) electrons. The zero-order valence-electron chi connectivity index (χ0n) is 25.7. The Hall–Kier alpha value is -3.85. The van der Waals surface area contributed by atoms with Gasteiger partial charge in [0.15, 0.2) is 0 Å². The van der Waals surface area contributed by atoms with Crippen LogP contribution in [0.25, 0.3) is 0 Å². The third-order valence-electron chi connectivity index (χ3n) is 7.26. The highest BCUT2D eigenvalue weighted by Crippen LogP contribution is 2.27. The Morgan fingerprint density at radius 1 is 0.881 bits per heavy atom. The summed E-state index contributed by atoms with van der Waals surface area (Å²) in [5.74, 6) is -0.142. The van der Waals surface area contributed by atoms with Crippen LogP contribution in [0.2, 0.25) is 0 Å². The molecule has 0 aromatic heterocycles. The fourth-order valence-electron chi connectivity index (χ4n) is 4.79. The van der Waals surface area contributed by atoms with Crippen LogP contribution >= 0.6 is 0 Å². The molecule has 0 saturated heterocycles. The summed E-state index contributed by atoms with van der Waals surface area (Å²) >= 11 is 0. The minimum absolute atomic E-state index is 0.0750. The van der Waals surface area contributed by atoms with E-state index < -0.39 is 28.5 Å². The van der Waals surface area contributed by atoms with Gasteiger partial charge in [-0.3, -0.25) is 13.9 Å². The largest absolute Gasteiger partial charge is 0.497 e.